The number of carbonyl (C=O) groups is 1. The summed E-state index contributed by atoms with van der Waals surface area (Å²) in [4.78, 5) is 12.2. The molecule has 0 heterocycles. The summed E-state index contributed by atoms with van der Waals surface area (Å²) in [6, 6.07) is 10.7. The molecule has 2 aromatic carbocycles. The number of amides is 1. The molecule has 1 atom stereocenters. The summed E-state index contributed by atoms with van der Waals surface area (Å²) in [5.41, 5.74) is 2.64. The zero-order valence-corrected chi connectivity index (χ0v) is 14.1. The standard InChI is InChI=1S/C17H17Cl2NO2/c1-10-4-7-16(11(2)8-10)22-12(3)17(21)20-15-6-5-13(18)9-14(15)19/h4-9,12H,1-3H3,(H,20,21)/t12-/m0/s1. The number of nitrogens with one attached hydrogen (secondary N) is 1. The molecule has 1 N–H and O–H groups in total. The summed E-state index contributed by atoms with van der Waals surface area (Å²) < 4.78 is 5.72. The lowest BCUT2D eigenvalue weighted by molar-refractivity contribution is -0.122. The Bertz CT molecular complexity index is 701. The molecule has 3 nitrogen and oxygen atoms in total. The predicted octanol–water partition coefficient (Wildman–Crippen LogP) is 5.02. The van der Waals surface area contributed by atoms with Gasteiger partial charge in [0.05, 0.1) is 10.7 Å². The molecule has 116 valence electrons. The first-order chi connectivity index (χ1) is 10.4. The van der Waals surface area contributed by atoms with Crippen LogP contribution < -0.4 is 10.1 Å². The fraction of sp³-hybridized carbons (Fsp3) is 0.235. The third-order valence-electron chi connectivity index (χ3n) is 3.19. The normalized spacial score (nSPS) is 11.9. The molecule has 0 spiro atoms. The van der Waals surface area contributed by atoms with Gasteiger partial charge in [0, 0.05) is 5.02 Å². The van der Waals surface area contributed by atoms with E-state index in [4.69, 9.17) is 27.9 Å². The van der Waals surface area contributed by atoms with Gasteiger partial charge in [-0.3, -0.25) is 4.79 Å². The first-order valence-corrected chi connectivity index (χ1v) is 7.62. The monoisotopic (exact) mass is 337 g/mol. The van der Waals surface area contributed by atoms with Gasteiger partial charge >= 0.3 is 0 Å². The predicted molar refractivity (Wildman–Crippen MR) is 91.1 cm³/mol. The van der Waals surface area contributed by atoms with E-state index in [2.05, 4.69) is 5.32 Å². The molecule has 0 aliphatic heterocycles. The molecule has 0 aliphatic rings. The molecule has 0 fully saturated rings. The molecular formula is C17H17Cl2NO2. The number of rotatable bonds is 4. The molecule has 0 bridgehead atoms. The lowest BCUT2D eigenvalue weighted by atomic mass is 10.1. The van der Waals surface area contributed by atoms with E-state index in [0.717, 1.165) is 11.1 Å². The Morgan fingerprint density at radius 3 is 2.50 bits per heavy atom. The minimum absolute atomic E-state index is 0.274. The lowest BCUT2D eigenvalue weighted by Gasteiger charge is -2.17. The topological polar surface area (TPSA) is 38.3 Å². The molecule has 22 heavy (non-hydrogen) atoms. The van der Waals surface area contributed by atoms with E-state index in [1.165, 1.54) is 0 Å². The van der Waals surface area contributed by atoms with Crippen LogP contribution >= 0.6 is 23.2 Å². The molecule has 0 saturated heterocycles. The van der Waals surface area contributed by atoms with Crippen LogP contribution in [0.5, 0.6) is 5.75 Å². The number of benzene rings is 2. The van der Waals surface area contributed by atoms with Gasteiger partial charge in [0.1, 0.15) is 5.75 Å². The van der Waals surface area contributed by atoms with Gasteiger partial charge in [-0.2, -0.15) is 0 Å². The summed E-state index contributed by atoms with van der Waals surface area (Å²) in [6.07, 6.45) is -0.645. The summed E-state index contributed by atoms with van der Waals surface area (Å²) >= 11 is 11.9. The van der Waals surface area contributed by atoms with Crippen molar-refractivity contribution in [2.75, 3.05) is 5.32 Å². The smallest absolute Gasteiger partial charge is 0.265 e. The minimum atomic E-state index is -0.645. The van der Waals surface area contributed by atoms with Crippen LogP contribution in [0.1, 0.15) is 18.1 Å². The van der Waals surface area contributed by atoms with Crippen molar-refractivity contribution in [3.05, 3.63) is 57.6 Å². The molecule has 0 aromatic heterocycles. The van der Waals surface area contributed by atoms with Crippen LogP contribution in [0.4, 0.5) is 5.69 Å². The van der Waals surface area contributed by atoms with Gasteiger partial charge in [-0.1, -0.05) is 40.9 Å². The average molecular weight is 338 g/mol. The molecule has 5 heteroatoms. The Morgan fingerprint density at radius 2 is 1.86 bits per heavy atom. The Labute approximate surface area is 140 Å². The van der Waals surface area contributed by atoms with Crippen LogP contribution in [0.3, 0.4) is 0 Å². The van der Waals surface area contributed by atoms with Gasteiger partial charge in [0.15, 0.2) is 6.10 Å². The van der Waals surface area contributed by atoms with E-state index in [1.54, 1.807) is 25.1 Å². The number of aryl methyl sites for hydroxylation is 2. The van der Waals surface area contributed by atoms with Gasteiger partial charge in [-0.15, -0.1) is 0 Å². The highest BCUT2D eigenvalue weighted by Crippen LogP contribution is 2.26. The summed E-state index contributed by atoms with van der Waals surface area (Å²) in [5.74, 6) is 0.416. The van der Waals surface area contributed by atoms with E-state index in [-0.39, 0.29) is 5.91 Å². The number of carbonyl (C=O) groups excluding carboxylic acids is 1. The van der Waals surface area contributed by atoms with Crippen LogP contribution in [-0.4, -0.2) is 12.0 Å². The van der Waals surface area contributed by atoms with E-state index in [0.29, 0.717) is 21.5 Å². The van der Waals surface area contributed by atoms with Crippen molar-refractivity contribution in [1.29, 1.82) is 0 Å². The second kappa shape index (κ2) is 7.03. The fourth-order valence-corrected chi connectivity index (χ4v) is 2.46. The number of anilines is 1. The second-order valence-electron chi connectivity index (χ2n) is 5.14. The number of hydrogen-bond acceptors (Lipinski definition) is 2. The molecule has 1 amide bonds. The van der Waals surface area contributed by atoms with Crippen molar-refractivity contribution in [3.63, 3.8) is 0 Å². The van der Waals surface area contributed by atoms with Gasteiger partial charge in [0.2, 0.25) is 0 Å². The largest absolute Gasteiger partial charge is 0.481 e. The van der Waals surface area contributed by atoms with Gasteiger partial charge in [0.25, 0.3) is 5.91 Å². The van der Waals surface area contributed by atoms with Crippen LogP contribution in [0, 0.1) is 13.8 Å². The van der Waals surface area contributed by atoms with Crippen LogP contribution in [0.15, 0.2) is 36.4 Å². The van der Waals surface area contributed by atoms with E-state index in [9.17, 15) is 4.79 Å². The third kappa shape index (κ3) is 4.15. The van der Waals surface area contributed by atoms with Gasteiger partial charge in [-0.05, 0) is 50.6 Å². The average Bonchev–Trinajstić information content (AvgIpc) is 2.44. The van der Waals surface area contributed by atoms with Crippen molar-refractivity contribution in [1.82, 2.24) is 0 Å². The van der Waals surface area contributed by atoms with Crippen LogP contribution in [0.2, 0.25) is 10.0 Å². The summed E-state index contributed by atoms with van der Waals surface area (Å²) in [5, 5.41) is 3.64. The highest BCUT2D eigenvalue weighted by Gasteiger charge is 2.17. The lowest BCUT2D eigenvalue weighted by Crippen LogP contribution is -2.30. The summed E-state index contributed by atoms with van der Waals surface area (Å²) in [7, 11) is 0. The first kappa shape index (κ1) is 16.7. The second-order valence-corrected chi connectivity index (χ2v) is 5.99. The molecule has 2 rings (SSSR count). The fourth-order valence-electron chi connectivity index (χ4n) is 2.00. The highest BCUT2D eigenvalue weighted by atomic mass is 35.5. The summed E-state index contributed by atoms with van der Waals surface area (Å²) in [6.45, 7) is 5.65. The Balaban J connectivity index is 2.05. The Kier molecular flexibility index (Phi) is 5.33. The van der Waals surface area contributed by atoms with Gasteiger partial charge in [-0.25, -0.2) is 0 Å². The molecule has 0 radical (unpaired) electrons. The first-order valence-electron chi connectivity index (χ1n) is 6.86. The minimum Gasteiger partial charge on any atom is -0.481 e. The third-order valence-corrected chi connectivity index (χ3v) is 3.74. The van der Waals surface area contributed by atoms with Crippen LogP contribution in [-0.2, 0) is 4.79 Å². The Morgan fingerprint density at radius 1 is 1.14 bits per heavy atom. The molecular weight excluding hydrogens is 321 g/mol. The van der Waals surface area contributed by atoms with Crippen molar-refractivity contribution in [3.8, 4) is 5.75 Å². The number of ether oxygens (including phenoxy) is 1. The van der Waals surface area contributed by atoms with E-state index in [1.807, 2.05) is 32.0 Å². The zero-order valence-electron chi connectivity index (χ0n) is 12.6. The van der Waals surface area contributed by atoms with E-state index < -0.39 is 6.10 Å². The maximum absolute atomic E-state index is 12.2. The Hall–Kier alpha value is -1.71. The van der Waals surface area contributed by atoms with E-state index >= 15 is 0 Å². The maximum atomic E-state index is 12.2. The van der Waals surface area contributed by atoms with Crippen LogP contribution in [0.25, 0.3) is 0 Å². The van der Waals surface area contributed by atoms with Crippen molar-refractivity contribution < 1.29 is 9.53 Å². The van der Waals surface area contributed by atoms with Crippen molar-refractivity contribution in [2.24, 2.45) is 0 Å². The zero-order chi connectivity index (χ0) is 16.3. The SMILES string of the molecule is Cc1ccc(O[C@@H](C)C(=O)Nc2ccc(Cl)cc2Cl)c(C)c1. The maximum Gasteiger partial charge on any atom is 0.265 e. The van der Waals surface area contributed by atoms with Crippen molar-refractivity contribution in [2.45, 2.75) is 26.9 Å². The van der Waals surface area contributed by atoms with Gasteiger partial charge < -0.3 is 10.1 Å². The number of halogens is 2. The quantitative estimate of drug-likeness (QED) is 0.850. The molecule has 0 unspecified atom stereocenters. The van der Waals surface area contributed by atoms with Crippen molar-refractivity contribution >= 4 is 34.8 Å². The molecule has 2 aromatic rings. The molecule has 0 aliphatic carbocycles. The molecule has 0 saturated carbocycles. The number of hydrogen-bond donors (Lipinski definition) is 1. The highest BCUT2D eigenvalue weighted by molar-refractivity contribution is 6.36.